The highest BCUT2D eigenvalue weighted by molar-refractivity contribution is 5.99. The van der Waals surface area contributed by atoms with Gasteiger partial charge in [0, 0.05) is 12.7 Å². The lowest BCUT2D eigenvalue weighted by molar-refractivity contribution is -0.123. The first-order valence-electron chi connectivity index (χ1n) is 5.39. The van der Waals surface area contributed by atoms with Gasteiger partial charge in [-0.15, -0.1) is 0 Å². The standard InChI is InChI=1S/C13H17N3O/c1-13(2,15-3)12(17)16(4)11-7-5-10(9-14)6-8-11/h5-8,15H,1-4H3. The highest BCUT2D eigenvalue weighted by Gasteiger charge is 2.28. The van der Waals surface area contributed by atoms with E-state index in [4.69, 9.17) is 5.26 Å². The van der Waals surface area contributed by atoms with Gasteiger partial charge in [-0.25, -0.2) is 0 Å². The van der Waals surface area contributed by atoms with Gasteiger partial charge in [0.25, 0.3) is 0 Å². The van der Waals surface area contributed by atoms with E-state index in [1.54, 1.807) is 43.3 Å². The smallest absolute Gasteiger partial charge is 0.246 e. The van der Waals surface area contributed by atoms with E-state index in [0.29, 0.717) is 5.56 Å². The monoisotopic (exact) mass is 231 g/mol. The number of amides is 1. The molecule has 0 fully saturated rings. The third kappa shape index (κ3) is 2.83. The number of nitrogens with one attached hydrogen (secondary N) is 1. The topological polar surface area (TPSA) is 56.1 Å². The summed E-state index contributed by atoms with van der Waals surface area (Å²) < 4.78 is 0. The summed E-state index contributed by atoms with van der Waals surface area (Å²) in [4.78, 5) is 13.7. The average molecular weight is 231 g/mol. The zero-order valence-electron chi connectivity index (χ0n) is 10.6. The van der Waals surface area contributed by atoms with Gasteiger partial charge in [0.15, 0.2) is 0 Å². The first kappa shape index (κ1) is 13.2. The minimum absolute atomic E-state index is 0.0234. The lowest BCUT2D eigenvalue weighted by atomic mass is 10.0. The lowest BCUT2D eigenvalue weighted by Crippen LogP contribution is -2.51. The van der Waals surface area contributed by atoms with Crippen molar-refractivity contribution in [2.45, 2.75) is 19.4 Å². The normalized spacial score (nSPS) is 10.8. The third-order valence-corrected chi connectivity index (χ3v) is 2.85. The molecule has 0 aliphatic rings. The molecule has 1 aromatic carbocycles. The maximum absolute atomic E-state index is 12.1. The molecule has 0 aromatic heterocycles. The van der Waals surface area contributed by atoms with Crippen LogP contribution in [-0.4, -0.2) is 25.5 Å². The van der Waals surface area contributed by atoms with Crippen LogP contribution in [0.4, 0.5) is 5.69 Å². The van der Waals surface area contributed by atoms with Gasteiger partial charge in [0.1, 0.15) is 0 Å². The Morgan fingerprint density at radius 3 is 2.29 bits per heavy atom. The van der Waals surface area contributed by atoms with Crippen molar-refractivity contribution in [2.24, 2.45) is 0 Å². The summed E-state index contributed by atoms with van der Waals surface area (Å²) in [6.07, 6.45) is 0. The molecule has 17 heavy (non-hydrogen) atoms. The summed E-state index contributed by atoms with van der Waals surface area (Å²) in [5.41, 5.74) is 0.752. The van der Waals surface area contributed by atoms with Gasteiger partial charge in [-0.2, -0.15) is 5.26 Å². The fraction of sp³-hybridized carbons (Fsp3) is 0.385. The number of nitriles is 1. The summed E-state index contributed by atoms with van der Waals surface area (Å²) in [7, 11) is 3.48. The SMILES string of the molecule is CNC(C)(C)C(=O)N(C)c1ccc(C#N)cc1. The second-order valence-corrected chi connectivity index (χ2v) is 4.40. The van der Waals surface area contributed by atoms with E-state index in [-0.39, 0.29) is 5.91 Å². The molecule has 1 aromatic rings. The van der Waals surface area contributed by atoms with E-state index in [1.807, 2.05) is 19.9 Å². The molecule has 1 amide bonds. The molecule has 0 aliphatic carbocycles. The Bertz CT molecular complexity index is 443. The molecule has 0 bridgehead atoms. The van der Waals surface area contributed by atoms with Crippen molar-refractivity contribution in [1.29, 1.82) is 5.26 Å². The van der Waals surface area contributed by atoms with Crippen molar-refractivity contribution in [3.05, 3.63) is 29.8 Å². The van der Waals surface area contributed by atoms with Crippen LogP contribution in [0, 0.1) is 11.3 Å². The predicted molar refractivity (Wildman–Crippen MR) is 67.7 cm³/mol. The maximum Gasteiger partial charge on any atom is 0.246 e. The number of carbonyl (C=O) groups excluding carboxylic acids is 1. The third-order valence-electron chi connectivity index (χ3n) is 2.85. The van der Waals surface area contributed by atoms with E-state index < -0.39 is 5.54 Å². The Labute approximate surface area is 102 Å². The van der Waals surface area contributed by atoms with Crippen LogP contribution in [0.5, 0.6) is 0 Å². The van der Waals surface area contributed by atoms with Crippen molar-refractivity contribution in [1.82, 2.24) is 5.32 Å². The molecule has 0 heterocycles. The maximum atomic E-state index is 12.1. The number of nitrogens with zero attached hydrogens (tertiary/aromatic N) is 2. The van der Waals surface area contributed by atoms with Crippen LogP contribution in [0.3, 0.4) is 0 Å². The molecule has 90 valence electrons. The van der Waals surface area contributed by atoms with Gasteiger partial charge in [-0.3, -0.25) is 4.79 Å². The van der Waals surface area contributed by atoms with E-state index in [9.17, 15) is 4.79 Å². The number of hydrogen-bond donors (Lipinski definition) is 1. The molecule has 0 saturated heterocycles. The van der Waals surface area contributed by atoms with Crippen LogP contribution < -0.4 is 10.2 Å². The van der Waals surface area contributed by atoms with Gasteiger partial charge >= 0.3 is 0 Å². The first-order chi connectivity index (χ1) is 7.92. The van der Waals surface area contributed by atoms with E-state index in [1.165, 1.54) is 0 Å². The largest absolute Gasteiger partial charge is 0.314 e. The molecule has 0 atom stereocenters. The highest BCUT2D eigenvalue weighted by Crippen LogP contribution is 2.17. The lowest BCUT2D eigenvalue weighted by Gasteiger charge is -2.29. The first-order valence-corrected chi connectivity index (χ1v) is 5.39. The minimum Gasteiger partial charge on any atom is -0.314 e. The summed E-state index contributed by atoms with van der Waals surface area (Å²) in [5, 5.41) is 11.7. The summed E-state index contributed by atoms with van der Waals surface area (Å²) >= 11 is 0. The van der Waals surface area contributed by atoms with Crippen molar-refractivity contribution >= 4 is 11.6 Å². The molecular weight excluding hydrogens is 214 g/mol. The number of benzene rings is 1. The fourth-order valence-electron chi connectivity index (χ4n) is 1.40. The molecule has 1 rings (SSSR count). The minimum atomic E-state index is -0.608. The molecule has 0 aliphatic heterocycles. The van der Waals surface area contributed by atoms with Gasteiger partial charge in [-0.05, 0) is 45.2 Å². The number of hydrogen-bond acceptors (Lipinski definition) is 3. The van der Waals surface area contributed by atoms with Crippen molar-refractivity contribution in [2.75, 3.05) is 19.0 Å². The highest BCUT2D eigenvalue weighted by atomic mass is 16.2. The van der Waals surface area contributed by atoms with E-state index >= 15 is 0 Å². The van der Waals surface area contributed by atoms with Crippen LogP contribution in [0.25, 0.3) is 0 Å². The summed E-state index contributed by atoms with van der Waals surface area (Å²) in [6, 6.07) is 8.98. The van der Waals surface area contributed by atoms with E-state index in [0.717, 1.165) is 5.69 Å². The van der Waals surface area contributed by atoms with Gasteiger partial charge in [-0.1, -0.05) is 0 Å². The number of likely N-dealkylation sites (N-methyl/N-ethyl adjacent to an activating group) is 2. The van der Waals surface area contributed by atoms with Crippen LogP contribution in [0.15, 0.2) is 24.3 Å². The second-order valence-electron chi connectivity index (χ2n) is 4.40. The van der Waals surface area contributed by atoms with Crippen molar-refractivity contribution < 1.29 is 4.79 Å². The summed E-state index contributed by atoms with van der Waals surface area (Å²) in [5.74, 6) is -0.0234. The molecule has 0 saturated carbocycles. The molecule has 0 radical (unpaired) electrons. The second kappa shape index (κ2) is 4.98. The molecule has 4 heteroatoms. The van der Waals surface area contributed by atoms with Crippen LogP contribution in [-0.2, 0) is 4.79 Å². The Morgan fingerprint density at radius 2 is 1.88 bits per heavy atom. The van der Waals surface area contributed by atoms with Crippen molar-refractivity contribution in [3.8, 4) is 6.07 Å². The van der Waals surface area contributed by atoms with Gasteiger partial charge in [0.05, 0.1) is 17.2 Å². The fourth-order valence-corrected chi connectivity index (χ4v) is 1.40. The number of carbonyl (C=O) groups is 1. The molecule has 0 unspecified atom stereocenters. The van der Waals surface area contributed by atoms with Crippen LogP contribution in [0.1, 0.15) is 19.4 Å². The Kier molecular flexibility index (Phi) is 3.87. The predicted octanol–water partition coefficient (Wildman–Crippen LogP) is 1.52. The zero-order valence-corrected chi connectivity index (χ0v) is 10.6. The average Bonchev–Trinajstić information content (AvgIpc) is 2.37. The molecule has 0 spiro atoms. The number of anilines is 1. The van der Waals surface area contributed by atoms with Gasteiger partial charge in [0.2, 0.25) is 5.91 Å². The van der Waals surface area contributed by atoms with Crippen LogP contribution in [0.2, 0.25) is 0 Å². The number of rotatable bonds is 3. The quantitative estimate of drug-likeness (QED) is 0.858. The van der Waals surface area contributed by atoms with Crippen LogP contribution >= 0.6 is 0 Å². The van der Waals surface area contributed by atoms with E-state index in [2.05, 4.69) is 5.32 Å². The zero-order chi connectivity index (χ0) is 13.1. The molecule has 4 nitrogen and oxygen atoms in total. The van der Waals surface area contributed by atoms with Crippen molar-refractivity contribution in [3.63, 3.8) is 0 Å². The molecule has 1 N–H and O–H groups in total. The summed E-state index contributed by atoms with van der Waals surface area (Å²) in [6.45, 7) is 3.66. The molecular formula is C13H17N3O. The van der Waals surface area contributed by atoms with Gasteiger partial charge < -0.3 is 10.2 Å². The Hall–Kier alpha value is -1.86. The Balaban J connectivity index is 2.93. The Morgan fingerprint density at radius 1 is 1.35 bits per heavy atom.